The van der Waals surface area contributed by atoms with E-state index in [1.54, 1.807) is 14.1 Å². The van der Waals surface area contributed by atoms with E-state index in [0.29, 0.717) is 11.5 Å². The molecule has 1 amide bonds. The lowest BCUT2D eigenvalue weighted by molar-refractivity contribution is -0.121. The van der Waals surface area contributed by atoms with Gasteiger partial charge in [0.25, 0.3) is 5.91 Å². The van der Waals surface area contributed by atoms with Crippen LogP contribution in [0.3, 0.4) is 0 Å². The van der Waals surface area contributed by atoms with Crippen molar-refractivity contribution in [1.29, 1.82) is 0 Å². The molecule has 0 aromatic carbocycles. The minimum atomic E-state index is -0.121. The molecule has 0 bridgehead atoms. The van der Waals surface area contributed by atoms with Gasteiger partial charge < -0.3 is 9.64 Å². The lowest BCUT2D eigenvalue weighted by Crippen LogP contribution is -2.33. The molecule has 0 saturated carbocycles. The number of rotatable bonds is 2. The second kappa shape index (κ2) is 2.74. The first-order valence-electron chi connectivity index (χ1n) is 3.21. The smallest absolute Gasteiger partial charge is 0.275 e. The zero-order valence-corrected chi connectivity index (χ0v) is 6.79. The summed E-state index contributed by atoms with van der Waals surface area (Å²) in [6.07, 6.45) is 1.52. The fraction of sp³-hybridized carbons (Fsp3) is 0.429. The molecule has 4 heteroatoms. The van der Waals surface area contributed by atoms with Gasteiger partial charge in [-0.2, -0.15) is 0 Å². The van der Waals surface area contributed by atoms with E-state index in [-0.39, 0.29) is 5.91 Å². The molecule has 0 aromatic rings. The third kappa shape index (κ3) is 1.24. The van der Waals surface area contributed by atoms with Crippen molar-refractivity contribution in [2.24, 2.45) is 4.99 Å². The zero-order chi connectivity index (χ0) is 8.43. The van der Waals surface area contributed by atoms with Gasteiger partial charge in [-0.25, -0.2) is 4.99 Å². The van der Waals surface area contributed by atoms with Crippen LogP contribution in [0.2, 0.25) is 0 Å². The van der Waals surface area contributed by atoms with Crippen LogP contribution in [0.1, 0.15) is 0 Å². The Hall–Kier alpha value is -1.32. The molecular weight excluding hydrogens is 144 g/mol. The molecule has 1 heterocycles. The number of aliphatic imine (C=N–C) groups is 1. The topological polar surface area (TPSA) is 41.9 Å². The first-order chi connectivity index (χ1) is 5.16. The summed E-state index contributed by atoms with van der Waals surface area (Å²) in [4.78, 5) is 16.4. The normalized spacial score (nSPS) is 14.5. The number of nitrogens with zero attached hydrogens (tertiary/aromatic N) is 2. The Morgan fingerprint density at radius 2 is 2.27 bits per heavy atom. The van der Waals surface area contributed by atoms with Gasteiger partial charge in [-0.05, 0) is 0 Å². The van der Waals surface area contributed by atoms with Gasteiger partial charge in [-0.1, -0.05) is 0 Å². The Kier molecular flexibility index (Phi) is 1.94. The summed E-state index contributed by atoms with van der Waals surface area (Å²) < 4.78 is 4.85. The summed E-state index contributed by atoms with van der Waals surface area (Å²) in [6, 6.07) is 0. The van der Waals surface area contributed by atoms with Crippen molar-refractivity contribution in [3.8, 4) is 0 Å². The van der Waals surface area contributed by atoms with Crippen molar-refractivity contribution < 1.29 is 9.53 Å². The van der Waals surface area contributed by atoms with E-state index in [1.807, 2.05) is 0 Å². The Labute approximate surface area is 65.2 Å². The summed E-state index contributed by atoms with van der Waals surface area (Å²) in [6.45, 7) is 0. The van der Waals surface area contributed by atoms with Gasteiger partial charge in [-0.3, -0.25) is 4.79 Å². The zero-order valence-electron chi connectivity index (χ0n) is 6.79. The standard InChI is InChI=1S/C7H10N2O2/c1-9(2)7(10)6-5(11-3)4-8-6/h4H,1-3H3. The van der Waals surface area contributed by atoms with E-state index in [1.165, 1.54) is 18.2 Å². The third-order valence-electron chi connectivity index (χ3n) is 1.37. The molecule has 0 aromatic heterocycles. The maximum absolute atomic E-state index is 11.2. The lowest BCUT2D eigenvalue weighted by atomic mass is 10.2. The minimum Gasteiger partial charge on any atom is -0.493 e. The van der Waals surface area contributed by atoms with E-state index < -0.39 is 0 Å². The number of ether oxygens (including phenoxy) is 1. The van der Waals surface area contributed by atoms with Crippen LogP contribution in [0.15, 0.2) is 17.0 Å². The molecule has 0 saturated heterocycles. The van der Waals surface area contributed by atoms with Gasteiger partial charge in [0.15, 0.2) is 11.5 Å². The van der Waals surface area contributed by atoms with E-state index in [0.717, 1.165) is 0 Å². The summed E-state index contributed by atoms with van der Waals surface area (Å²) in [5.41, 5.74) is 0.400. The van der Waals surface area contributed by atoms with E-state index in [2.05, 4.69) is 4.99 Å². The van der Waals surface area contributed by atoms with Gasteiger partial charge in [0.05, 0.1) is 13.3 Å². The maximum Gasteiger partial charge on any atom is 0.275 e. The molecule has 0 spiro atoms. The molecule has 11 heavy (non-hydrogen) atoms. The monoisotopic (exact) mass is 154 g/mol. The van der Waals surface area contributed by atoms with Crippen LogP contribution >= 0.6 is 0 Å². The number of carbonyl (C=O) groups excluding carboxylic acids is 1. The first kappa shape index (κ1) is 7.78. The van der Waals surface area contributed by atoms with Crippen molar-refractivity contribution in [1.82, 2.24) is 4.90 Å². The molecule has 60 valence electrons. The summed E-state index contributed by atoms with van der Waals surface area (Å²) in [5, 5.41) is 0. The Morgan fingerprint density at radius 1 is 1.64 bits per heavy atom. The lowest BCUT2D eigenvalue weighted by Gasteiger charge is -2.17. The van der Waals surface area contributed by atoms with Crippen LogP contribution in [-0.2, 0) is 9.53 Å². The Bertz CT molecular complexity index is 241. The van der Waals surface area contributed by atoms with E-state index in [4.69, 9.17) is 4.74 Å². The van der Waals surface area contributed by atoms with Gasteiger partial charge in [-0.15, -0.1) is 0 Å². The van der Waals surface area contributed by atoms with Crippen LogP contribution < -0.4 is 0 Å². The predicted octanol–water partition coefficient (Wildman–Crippen LogP) is 0.0170. The quantitative estimate of drug-likeness (QED) is 0.562. The van der Waals surface area contributed by atoms with Gasteiger partial charge in [0.2, 0.25) is 0 Å². The molecule has 1 aliphatic rings. The second-order valence-electron chi connectivity index (χ2n) is 2.37. The number of hydrogen-bond acceptors (Lipinski definition) is 3. The summed E-state index contributed by atoms with van der Waals surface area (Å²) in [5.74, 6) is 0.438. The maximum atomic E-state index is 11.2. The van der Waals surface area contributed by atoms with Crippen LogP contribution in [0.4, 0.5) is 0 Å². The molecule has 0 N–H and O–H groups in total. The fourth-order valence-corrected chi connectivity index (χ4v) is 0.704. The van der Waals surface area contributed by atoms with Gasteiger partial charge in [0, 0.05) is 14.1 Å². The molecule has 0 unspecified atom stereocenters. The average Bonchev–Trinajstić information content (AvgIpc) is 1.86. The summed E-state index contributed by atoms with van der Waals surface area (Å²) in [7, 11) is 4.87. The van der Waals surface area contributed by atoms with Gasteiger partial charge >= 0.3 is 0 Å². The highest BCUT2D eigenvalue weighted by molar-refractivity contribution is 6.46. The summed E-state index contributed by atoms with van der Waals surface area (Å²) >= 11 is 0. The van der Waals surface area contributed by atoms with Crippen LogP contribution in [-0.4, -0.2) is 37.7 Å². The van der Waals surface area contributed by atoms with Crippen molar-refractivity contribution in [2.75, 3.05) is 21.2 Å². The van der Waals surface area contributed by atoms with Crippen LogP contribution in [0.25, 0.3) is 0 Å². The predicted molar refractivity (Wildman–Crippen MR) is 41.2 cm³/mol. The largest absolute Gasteiger partial charge is 0.493 e. The SMILES string of the molecule is COC1=CN=C1C(=O)N(C)C. The molecule has 4 nitrogen and oxygen atoms in total. The van der Waals surface area contributed by atoms with E-state index >= 15 is 0 Å². The first-order valence-corrected chi connectivity index (χ1v) is 3.21. The molecule has 0 aliphatic carbocycles. The fourth-order valence-electron chi connectivity index (χ4n) is 0.704. The Balaban J connectivity index is 2.59. The number of amides is 1. The molecule has 1 aliphatic heterocycles. The number of methoxy groups -OCH3 is 1. The molecule has 1 rings (SSSR count). The van der Waals surface area contributed by atoms with Crippen LogP contribution in [0, 0.1) is 0 Å². The van der Waals surface area contributed by atoms with Gasteiger partial charge in [0.1, 0.15) is 0 Å². The van der Waals surface area contributed by atoms with E-state index in [9.17, 15) is 4.79 Å². The highest BCUT2D eigenvalue weighted by Gasteiger charge is 2.23. The number of hydrogen-bond donors (Lipinski definition) is 0. The van der Waals surface area contributed by atoms with Crippen molar-refractivity contribution >= 4 is 11.6 Å². The van der Waals surface area contributed by atoms with Crippen molar-refractivity contribution in [3.63, 3.8) is 0 Å². The molecular formula is C7H10N2O2. The highest BCUT2D eigenvalue weighted by Crippen LogP contribution is 2.11. The number of carbonyl (C=O) groups is 1. The Morgan fingerprint density at radius 3 is 2.55 bits per heavy atom. The molecule has 0 atom stereocenters. The second-order valence-corrected chi connectivity index (χ2v) is 2.37. The van der Waals surface area contributed by atoms with Crippen molar-refractivity contribution in [3.05, 3.63) is 12.0 Å². The average molecular weight is 154 g/mol. The molecule has 0 fully saturated rings. The minimum absolute atomic E-state index is 0.121. The van der Waals surface area contributed by atoms with Crippen molar-refractivity contribution in [2.45, 2.75) is 0 Å². The molecule has 0 radical (unpaired) electrons. The third-order valence-corrected chi connectivity index (χ3v) is 1.37. The highest BCUT2D eigenvalue weighted by atomic mass is 16.5. The van der Waals surface area contributed by atoms with Crippen LogP contribution in [0.5, 0.6) is 0 Å².